The number of phenolic OH excluding ortho intramolecular Hbond substituents is 1. The molecule has 1 aliphatic heterocycles. The van der Waals surface area contributed by atoms with Crippen LogP contribution in [0.4, 0.5) is 5.82 Å². The number of phenols is 1. The van der Waals surface area contributed by atoms with Gasteiger partial charge in [0.2, 0.25) is 0 Å². The number of allylic oxidation sites excluding steroid dienone is 1. The van der Waals surface area contributed by atoms with E-state index in [9.17, 15) is 9.90 Å². The molecule has 1 aromatic carbocycles. The third kappa shape index (κ3) is 2.65. The number of carbonyl (C=O) groups is 1. The van der Waals surface area contributed by atoms with Crippen LogP contribution in [0, 0.1) is 0 Å². The van der Waals surface area contributed by atoms with Crippen molar-refractivity contribution in [3.8, 4) is 5.75 Å². The Balaban J connectivity index is 1.87. The largest absolute Gasteiger partial charge is 0.508 e. The van der Waals surface area contributed by atoms with Gasteiger partial charge >= 0.3 is 0 Å². The van der Waals surface area contributed by atoms with Gasteiger partial charge in [0.1, 0.15) is 23.9 Å². The average Bonchev–Trinajstić information content (AvgIpc) is 2.84. The molecule has 1 aromatic heterocycles. The van der Waals surface area contributed by atoms with E-state index in [2.05, 4.69) is 10.4 Å². The zero-order chi connectivity index (χ0) is 15.5. The first-order valence-corrected chi connectivity index (χ1v) is 7.09. The maximum Gasteiger partial charge on any atom is 0.148 e. The van der Waals surface area contributed by atoms with Gasteiger partial charge < -0.3 is 15.3 Å². The third-order valence-corrected chi connectivity index (χ3v) is 3.74. The normalized spacial score (nSPS) is 17.5. The molecule has 0 aliphatic carbocycles. The van der Waals surface area contributed by atoms with E-state index in [-0.39, 0.29) is 5.75 Å². The fraction of sp³-hybridized carbons (Fsp3) is 0.176. The summed E-state index contributed by atoms with van der Waals surface area (Å²) in [4.78, 5) is 15.9. The number of aromatic nitrogens is 1. The van der Waals surface area contributed by atoms with Crippen molar-refractivity contribution in [1.29, 1.82) is 0 Å². The molecule has 1 aliphatic rings. The van der Waals surface area contributed by atoms with Crippen LogP contribution in [0.2, 0.25) is 0 Å². The number of anilines is 1. The lowest BCUT2D eigenvalue weighted by Crippen LogP contribution is -2.41. The summed E-state index contributed by atoms with van der Waals surface area (Å²) in [7, 11) is 0. The molecule has 3 rings (SSSR count). The van der Waals surface area contributed by atoms with Crippen LogP contribution in [0.5, 0.6) is 5.75 Å². The summed E-state index contributed by atoms with van der Waals surface area (Å²) in [6.45, 7) is 1.94. The van der Waals surface area contributed by atoms with Crippen LogP contribution in [-0.4, -0.2) is 22.4 Å². The highest BCUT2D eigenvalue weighted by Crippen LogP contribution is 2.27. The van der Waals surface area contributed by atoms with Gasteiger partial charge in [-0.05, 0) is 48.7 Å². The van der Waals surface area contributed by atoms with Crippen LogP contribution in [0.3, 0.4) is 0 Å². The third-order valence-electron chi connectivity index (χ3n) is 3.74. The maximum atomic E-state index is 11.6. The fourth-order valence-corrected chi connectivity index (χ4v) is 2.66. The minimum absolute atomic E-state index is 0.228. The van der Waals surface area contributed by atoms with E-state index in [1.807, 2.05) is 31.2 Å². The lowest BCUT2D eigenvalue weighted by atomic mass is 9.98. The van der Waals surface area contributed by atoms with Crippen molar-refractivity contribution < 1.29 is 9.90 Å². The Labute approximate surface area is 128 Å². The number of rotatable bonds is 4. The molecule has 2 heterocycles. The highest BCUT2D eigenvalue weighted by Gasteiger charge is 2.31. The number of hydrogen-bond acceptors (Lipinski definition) is 5. The van der Waals surface area contributed by atoms with Gasteiger partial charge in [-0.3, -0.25) is 5.01 Å². The number of pyridine rings is 1. The first kappa shape index (κ1) is 14.1. The first-order chi connectivity index (χ1) is 10.7. The highest BCUT2D eigenvalue weighted by atomic mass is 16.3. The molecule has 0 spiro atoms. The summed E-state index contributed by atoms with van der Waals surface area (Å²) in [5, 5.41) is 11.3. The number of nitrogens with one attached hydrogen (secondary N) is 1. The van der Waals surface area contributed by atoms with E-state index in [4.69, 9.17) is 0 Å². The van der Waals surface area contributed by atoms with Crippen LogP contribution in [0.1, 0.15) is 12.5 Å². The Kier molecular flexibility index (Phi) is 3.78. The molecule has 0 fully saturated rings. The van der Waals surface area contributed by atoms with Gasteiger partial charge in [-0.1, -0.05) is 18.2 Å². The van der Waals surface area contributed by atoms with E-state index in [1.165, 1.54) is 0 Å². The van der Waals surface area contributed by atoms with Gasteiger partial charge in [0.25, 0.3) is 0 Å². The molecule has 22 heavy (non-hydrogen) atoms. The SMILES string of the molecule is CC1=C(Cc2cccc(O)c2)C(C=O)N(c2ccccn2)N1. The van der Waals surface area contributed by atoms with Crippen molar-refractivity contribution in [2.24, 2.45) is 0 Å². The summed E-state index contributed by atoms with van der Waals surface area (Å²) >= 11 is 0. The minimum Gasteiger partial charge on any atom is -0.508 e. The van der Waals surface area contributed by atoms with E-state index in [1.54, 1.807) is 29.4 Å². The predicted molar refractivity (Wildman–Crippen MR) is 84.2 cm³/mol. The molecule has 5 nitrogen and oxygen atoms in total. The van der Waals surface area contributed by atoms with Gasteiger partial charge in [-0.2, -0.15) is 0 Å². The molecule has 1 unspecified atom stereocenters. The Hall–Kier alpha value is -2.82. The van der Waals surface area contributed by atoms with E-state index in [0.717, 1.165) is 23.1 Å². The van der Waals surface area contributed by atoms with Gasteiger partial charge in [0.05, 0.1) is 0 Å². The Morgan fingerprint density at radius 2 is 2.18 bits per heavy atom. The number of aromatic hydroxyl groups is 1. The topological polar surface area (TPSA) is 65.5 Å². The summed E-state index contributed by atoms with van der Waals surface area (Å²) in [5.41, 5.74) is 6.09. The molecule has 5 heteroatoms. The van der Waals surface area contributed by atoms with Crippen LogP contribution >= 0.6 is 0 Å². The van der Waals surface area contributed by atoms with Crippen molar-refractivity contribution in [3.05, 3.63) is 65.5 Å². The Morgan fingerprint density at radius 3 is 2.86 bits per heavy atom. The van der Waals surface area contributed by atoms with Crippen LogP contribution in [0.15, 0.2) is 59.9 Å². The van der Waals surface area contributed by atoms with Crippen molar-refractivity contribution in [1.82, 2.24) is 10.4 Å². The maximum absolute atomic E-state index is 11.6. The van der Waals surface area contributed by atoms with Crippen LogP contribution < -0.4 is 10.4 Å². The molecule has 2 aromatic rings. The smallest absolute Gasteiger partial charge is 0.148 e. The summed E-state index contributed by atoms with van der Waals surface area (Å²) in [6.07, 6.45) is 3.21. The first-order valence-electron chi connectivity index (χ1n) is 7.09. The second kappa shape index (κ2) is 5.89. The summed E-state index contributed by atoms with van der Waals surface area (Å²) in [5.74, 6) is 0.927. The van der Waals surface area contributed by atoms with Crippen molar-refractivity contribution in [2.45, 2.75) is 19.4 Å². The average molecular weight is 295 g/mol. The minimum atomic E-state index is -0.405. The Bertz CT molecular complexity index is 713. The fourth-order valence-electron chi connectivity index (χ4n) is 2.66. The predicted octanol–water partition coefficient (Wildman–Crippen LogP) is 2.20. The van der Waals surface area contributed by atoms with Gasteiger partial charge in [-0.15, -0.1) is 0 Å². The van der Waals surface area contributed by atoms with Crippen LogP contribution in [0.25, 0.3) is 0 Å². The molecule has 2 N–H and O–H groups in total. The van der Waals surface area contributed by atoms with Crippen molar-refractivity contribution >= 4 is 12.1 Å². The molecule has 0 amide bonds. The van der Waals surface area contributed by atoms with Gasteiger partial charge in [0.15, 0.2) is 0 Å². The second-order valence-corrected chi connectivity index (χ2v) is 5.25. The number of hydrogen-bond donors (Lipinski definition) is 2. The molecule has 0 saturated heterocycles. The van der Waals surface area contributed by atoms with E-state index < -0.39 is 6.04 Å². The standard InChI is InChI=1S/C17H17N3O2/c1-12-15(10-13-5-4-6-14(22)9-13)16(11-21)20(19-12)17-7-2-3-8-18-17/h2-9,11,16,19,22H,10H2,1H3. The lowest BCUT2D eigenvalue weighted by Gasteiger charge is -2.23. The zero-order valence-electron chi connectivity index (χ0n) is 12.2. The van der Waals surface area contributed by atoms with Crippen molar-refractivity contribution in [3.63, 3.8) is 0 Å². The zero-order valence-corrected chi connectivity index (χ0v) is 12.2. The highest BCUT2D eigenvalue weighted by molar-refractivity contribution is 5.72. The van der Waals surface area contributed by atoms with E-state index >= 15 is 0 Å². The van der Waals surface area contributed by atoms with E-state index in [0.29, 0.717) is 12.2 Å². The summed E-state index contributed by atoms with van der Waals surface area (Å²) < 4.78 is 0. The second-order valence-electron chi connectivity index (χ2n) is 5.25. The quantitative estimate of drug-likeness (QED) is 0.847. The molecular weight excluding hydrogens is 278 g/mol. The van der Waals surface area contributed by atoms with Gasteiger partial charge in [-0.25, -0.2) is 4.98 Å². The number of benzene rings is 1. The monoisotopic (exact) mass is 295 g/mol. The number of nitrogens with zero attached hydrogens (tertiary/aromatic N) is 2. The molecule has 0 radical (unpaired) electrons. The Morgan fingerprint density at radius 1 is 1.32 bits per heavy atom. The number of hydrazine groups is 1. The molecule has 0 saturated carbocycles. The molecule has 0 bridgehead atoms. The number of carbonyl (C=O) groups excluding carboxylic acids is 1. The lowest BCUT2D eigenvalue weighted by molar-refractivity contribution is -0.108. The molecular formula is C17H17N3O2. The van der Waals surface area contributed by atoms with Crippen LogP contribution in [-0.2, 0) is 11.2 Å². The van der Waals surface area contributed by atoms with Crippen molar-refractivity contribution in [2.75, 3.05) is 5.01 Å². The van der Waals surface area contributed by atoms with Gasteiger partial charge in [0, 0.05) is 11.9 Å². The molecule has 1 atom stereocenters. The molecule has 112 valence electrons. The summed E-state index contributed by atoms with van der Waals surface area (Å²) in [6, 6.07) is 12.3. The number of aldehydes is 1.